The average Bonchev–Trinajstić information content (AvgIpc) is 2.89. The van der Waals surface area contributed by atoms with Gasteiger partial charge in [0, 0.05) is 18.4 Å². The number of hydrogen-bond acceptors (Lipinski definition) is 6. The first kappa shape index (κ1) is 12.2. The second kappa shape index (κ2) is 5.02. The minimum Gasteiger partial charge on any atom is -0.393 e. The third kappa shape index (κ3) is 2.47. The molecule has 7 nitrogen and oxygen atoms in total. The van der Waals surface area contributed by atoms with E-state index < -0.39 is 0 Å². The first-order valence-electron chi connectivity index (χ1n) is 6.51. The van der Waals surface area contributed by atoms with Gasteiger partial charge >= 0.3 is 0 Å². The minimum absolute atomic E-state index is 0.158. The van der Waals surface area contributed by atoms with Gasteiger partial charge in [-0.3, -0.25) is 0 Å². The van der Waals surface area contributed by atoms with Crippen LogP contribution in [0.3, 0.4) is 0 Å². The highest BCUT2D eigenvalue weighted by Crippen LogP contribution is 2.23. The van der Waals surface area contributed by atoms with Crippen LogP contribution in [0.4, 0.5) is 11.6 Å². The summed E-state index contributed by atoms with van der Waals surface area (Å²) in [6.07, 6.45) is 8.76. The summed E-state index contributed by atoms with van der Waals surface area (Å²) >= 11 is 0. The van der Waals surface area contributed by atoms with E-state index in [1.54, 1.807) is 12.4 Å². The number of anilines is 2. The lowest BCUT2D eigenvalue weighted by Crippen LogP contribution is -2.29. The normalized spacial score (nSPS) is 23.5. The largest absolute Gasteiger partial charge is 0.393 e. The average molecular weight is 262 g/mol. The summed E-state index contributed by atoms with van der Waals surface area (Å²) in [5.74, 6) is 6.73. The molecule has 2 aromatic heterocycles. The summed E-state index contributed by atoms with van der Waals surface area (Å²) in [6, 6.07) is 0.324. The Morgan fingerprint density at radius 3 is 2.84 bits per heavy atom. The van der Waals surface area contributed by atoms with Crippen molar-refractivity contribution in [1.82, 2.24) is 14.4 Å². The fourth-order valence-electron chi connectivity index (χ4n) is 2.51. The van der Waals surface area contributed by atoms with E-state index in [-0.39, 0.29) is 6.10 Å². The van der Waals surface area contributed by atoms with Crippen molar-refractivity contribution in [2.75, 3.05) is 10.7 Å². The number of nitrogens with zero attached hydrogens (tertiary/aromatic N) is 3. The molecule has 0 atom stereocenters. The van der Waals surface area contributed by atoms with Crippen molar-refractivity contribution >= 4 is 17.3 Å². The smallest absolute Gasteiger partial charge is 0.180 e. The number of nitrogen functional groups attached to an aromatic ring is 1. The van der Waals surface area contributed by atoms with Crippen LogP contribution in [-0.2, 0) is 0 Å². The molecular weight excluding hydrogens is 244 g/mol. The number of imidazole rings is 1. The van der Waals surface area contributed by atoms with Crippen molar-refractivity contribution < 1.29 is 5.11 Å². The van der Waals surface area contributed by atoms with E-state index in [2.05, 4.69) is 20.7 Å². The van der Waals surface area contributed by atoms with Gasteiger partial charge in [-0.25, -0.2) is 15.8 Å². The Hall–Kier alpha value is -1.86. The van der Waals surface area contributed by atoms with Gasteiger partial charge in [0.2, 0.25) is 0 Å². The van der Waals surface area contributed by atoms with Crippen LogP contribution in [0.1, 0.15) is 25.7 Å². The van der Waals surface area contributed by atoms with Crippen molar-refractivity contribution in [1.29, 1.82) is 0 Å². The summed E-state index contributed by atoms with van der Waals surface area (Å²) in [5, 5.41) is 12.9. The summed E-state index contributed by atoms with van der Waals surface area (Å²) in [7, 11) is 0. The van der Waals surface area contributed by atoms with Crippen LogP contribution >= 0.6 is 0 Å². The zero-order valence-corrected chi connectivity index (χ0v) is 10.6. The summed E-state index contributed by atoms with van der Waals surface area (Å²) in [4.78, 5) is 8.71. The quantitative estimate of drug-likeness (QED) is 0.480. The van der Waals surface area contributed by atoms with Crippen molar-refractivity contribution in [3.63, 3.8) is 0 Å². The first-order valence-corrected chi connectivity index (χ1v) is 6.51. The van der Waals surface area contributed by atoms with E-state index in [1.165, 1.54) is 0 Å². The molecule has 0 spiro atoms. The molecule has 3 rings (SSSR count). The van der Waals surface area contributed by atoms with Gasteiger partial charge in [0.1, 0.15) is 0 Å². The number of aromatic nitrogens is 3. The lowest BCUT2D eigenvalue weighted by molar-refractivity contribution is 0.126. The van der Waals surface area contributed by atoms with Crippen molar-refractivity contribution in [3.8, 4) is 0 Å². The van der Waals surface area contributed by atoms with Crippen LogP contribution in [0.25, 0.3) is 5.65 Å². The molecule has 0 bridgehead atoms. The second-order valence-electron chi connectivity index (χ2n) is 4.93. The van der Waals surface area contributed by atoms with Gasteiger partial charge in [0.25, 0.3) is 0 Å². The molecule has 0 amide bonds. The van der Waals surface area contributed by atoms with Crippen molar-refractivity contribution in [2.45, 2.75) is 37.8 Å². The number of fused-ring (bicyclic) bond motifs is 1. The zero-order chi connectivity index (χ0) is 13.2. The van der Waals surface area contributed by atoms with E-state index in [9.17, 15) is 5.11 Å². The standard InChI is InChI=1S/C12H18N6O/c13-17-10-7-18-6-5-14-12(18)11(16-10)15-8-1-3-9(19)4-2-8/h5-9,17,19H,1-4,13H2,(H,15,16). The molecule has 1 fully saturated rings. The number of nitrogens with two attached hydrogens (primary N) is 1. The van der Waals surface area contributed by atoms with Crippen LogP contribution < -0.4 is 16.6 Å². The van der Waals surface area contributed by atoms with E-state index in [4.69, 9.17) is 5.84 Å². The molecule has 7 heteroatoms. The van der Waals surface area contributed by atoms with Gasteiger partial charge in [-0.1, -0.05) is 0 Å². The molecular formula is C12H18N6O. The summed E-state index contributed by atoms with van der Waals surface area (Å²) in [6.45, 7) is 0. The molecule has 0 radical (unpaired) electrons. The van der Waals surface area contributed by atoms with Gasteiger partial charge in [0.05, 0.1) is 12.3 Å². The molecule has 0 aliphatic heterocycles. The summed E-state index contributed by atoms with van der Waals surface area (Å²) < 4.78 is 1.88. The predicted octanol–water partition coefficient (Wildman–Crippen LogP) is 0.730. The fourth-order valence-corrected chi connectivity index (χ4v) is 2.51. The topological polar surface area (TPSA) is 100 Å². The molecule has 19 heavy (non-hydrogen) atoms. The number of hydrazine groups is 1. The summed E-state index contributed by atoms with van der Waals surface area (Å²) in [5.41, 5.74) is 3.34. The number of rotatable bonds is 3. The van der Waals surface area contributed by atoms with Crippen molar-refractivity contribution in [2.24, 2.45) is 5.84 Å². The first-order chi connectivity index (χ1) is 9.26. The highest BCUT2D eigenvalue weighted by Gasteiger charge is 2.20. The maximum Gasteiger partial charge on any atom is 0.180 e. The van der Waals surface area contributed by atoms with Gasteiger partial charge in [-0.05, 0) is 25.7 Å². The predicted molar refractivity (Wildman–Crippen MR) is 72.7 cm³/mol. The van der Waals surface area contributed by atoms with Crippen LogP contribution in [-0.4, -0.2) is 31.6 Å². The van der Waals surface area contributed by atoms with Gasteiger partial charge < -0.3 is 20.2 Å². The Labute approximate surface area is 110 Å². The highest BCUT2D eigenvalue weighted by molar-refractivity contribution is 5.65. The molecule has 0 unspecified atom stereocenters. The van der Waals surface area contributed by atoms with Crippen molar-refractivity contribution in [3.05, 3.63) is 18.6 Å². The molecule has 1 aliphatic carbocycles. The maximum atomic E-state index is 9.53. The monoisotopic (exact) mass is 262 g/mol. The Morgan fingerprint density at radius 2 is 2.11 bits per heavy atom. The lowest BCUT2D eigenvalue weighted by Gasteiger charge is -2.26. The molecule has 2 aromatic rings. The number of hydrogen-bond donors (Lipinski definition) is 4. The fraction of sp³-hybridized carbons (Fsp3) is 0.500. The molecule has 1 aliphatic rings. The number of aliphatic hydroxyl groups is 1. The highest BCUT2D eigenvalue weighted by atomic mass is 16.3. The molecule has 5 N–H and O–H groups in total. The van der Waals surface area contributed by atoms with Crippen LogP contribution in [0, 0.1) is 0 Å². The Balaban J connectivity index is 1.85. The Bertz CT molecular complexity index is 560. The van der Waals surface area contributed by atoms with E-state index in [0.717, 1.165) is 37.1 Å². The van der Waals surface area contributed by atoms with Crippen LogP contribution in [0.2, 0.25) is 0 Å². The van der Waals surface area contributed by atoms with E-state index >= 15 is 0 Å². The molecule has 0 aromatic carbocycles. The molecule has 1 saturated carbocycles. The minimum atomic E-state index is -0.158. The second-order valence-corrected chi connectivity index (χ2v) is 4.93. The zero-order valence-electron chi connectivity index (χ0n) is 10.6. The number of nitrogens with one attached hydrogen (secondary N) is 2. The Morgan fingerprint density at radius 1 is 1.32 bits per heavy atom. The maximum absolute atomic E-state index is 9.53. The number of aliphatic hydroxyl groups excluding tert-OH is 1. The molecule has 2 heterocycles. The van der Waals surface area contributed by atoms with E-state index in [1.807, 2.05) is 10.6 Å². The van der Waals surface area contributed by atoms with Gasteiger partial charge in [-0.15, -0.1) is 0 Å². The van der Waals surface area contributed by atoms with Crippen LogP contribution in [0.5, 0.6) is 0 Å². The third-order valence-electron chi connectivity index (χ3n) is 3.56. The van der Waals surface area contributed by atoms with Gasteiger partial charge in [-0.2, -0.15) is 0 Å². The van der Waals surface area contributed by atoms with E-state index in [0.29, 0.717) is 11.9 Å². The SMILES string of the molecule is NNc1cn2ccnc2c(NC2CCC(O)CC2)n1. The van der Waals surface area contributed by atoms with Crippen LogP contribution in [0.15, 0.2) is 18.6 Å². The molecule has 102 valence electrons. The molecule has 0 saturated heterocycles. The Kier molecular flexibility index (Phi) is 3.22. The van der Waals surface area contributed by atoms with Gasteiger partial charge in [0.15, 0.2) is 17.3 Å². The third-order valence-corrected chi connectivity index (χ3v) is 3.56. The lowest BCUT2D eigenvalue weighted by atomic mass is 9.93.